The third kappa shape index (κ3) is 3.21. The number of methoxy groups -OCH3 is 1. The zero-order valence-corrected chi connectivity index (χ0v) is 18.4. The van der Waals surface area contributed by atoms with Crippen molar-refractivity contribution in [1.29, 1.82) is 0 Å². The van der Waals surface area contributed by atoms with Crippen LogP contribution in [0.25, 0.3) is 0 Å². The maximum atomic E-state index is 13.5. The molecule has 0 saturated heterocycles. The second kappa shape index (κ2) is 7.52. The number of amides is 1. The molecule has 0 aliphatic heterocycles. The number of carbonyl (C=O) groups excluding carboxylic acids is 2. The van der Waals surface area contributed by atoms with Crippen molar-refractivity contribution >= 4 is 23.3 Å². The molecule has 2 aromatic rings. The van der Waals surface area contributed by atoms with E-state index in [-0.39, 0.29) is 16.7 Å². The number of nitrogens with zero attached hydrogens (tertiary/aromatic N) is 1. The number of carbonyl (C=O) groups is 2. The van der Waals surface area contributed by atoms with Gasteiger partial charge in [0.05, 0.1) is 23.8 Å². The van der Waals surface area contributed by atoms with Gasteiger partial charge in [0.1, 0.15) is 5.75 Å². The number of anilines is 1. The maximum Gasteiger partial charge on any atom is 0.365 e. The van der Waals surface area contributed by atoms with Gasteiger partial charge in [-0.15, -0.1) is 0 Å². The van der Waals surface area contributed by atoms with Gasteiger partial charge in [-0.1, -0.05) is 44.1 Å². The number of hydrogen-bond donors (Lipinski definition) is 1. The molecular weight excluding hydrogens is 392 g/mol. The van der Waals surface area contributed by atoms with E-state index in [4.69, 9.17) is 9.57 Å². The molecular formula is C25H28N2O4. The highest BCUT2D eigenvalue weighted by molar-refractivity contribution is 6.06. The summed E-state index contributed by atoms with van der Waals surface area (Å²) in [6, 6.07) is 16.1. The van der Waals surface area contributed by atoms with Gasteiger partial charge in [-0.2, -0.15) is 0 Å². The van der Waals surface area contributed by atoms with Gasteiger partial charge in [0, 0.05) is 17.5 Å². The second-order valence-electron chi connectivity index (χ2n) is 9.18. The summed E-state index contributed by atoms with van der Waals surface area (Å²) in [7, 11) is 1.61. The number of rotatable bonds is 5. The van der Waals surface area contributed by atoms with Crippen LogP contribution in [0.3, 0.4) is 0 Å². The molecule has 1 N–H and O–H groups in total. The van der Waals surface area contributed by atoms with Crippen LogP contribution in [-0.4, -0.2) is 24.7 Å². The molecule has 2 atom stereocenters. The number of fused-ring (bicyclic) bond motifs is 2. The molecule has 31 heavy (non-hydrogen) atoms. The summed E-state index contributed by atoms with van der Waals surface area (Å²) in [5.41, 5.74) is 0.685. The lowest BCUT2D eigenvalue weighted by molar-refractivity contribution is -0.130. The van der Waals surface area contributed by atoms with Crippen molar-refractivity contribution in [2.45, 2.75) is 40.0 Å². The van der Waals surface area contributed by atoms with E-state index in [1.165, 1.54) is 0 Å². The number of oxime groups is 1. The molecule has 2 unspecified atom stereocenters. The van der Waals surface area contributed by atoms with Crippen molar-refractivity contribution in [3.8, 4) is 5.75 Å². The lowest BCUT2D eigenvalue weighted by Gasteiger charge is -2.39. The molecule has 6 nitrogen and oxygen atoms in total. The van der Waals surface area contributed by atoms with E-state index >= 15 is 0 Å². The molecule has 2 aliphatic rings. The van der Waals surface area contributed by atoms with Crippen LogP contribution in [0.5, 0.6) is 5.75 Å². The van der Waals surface area contributed by atoms with Crippen LogP contribution in [0.2, 0.25) is 0 Å². The highest BCUT2D eigenvalue weighted by Gasteiger charge is 2.71. The number of ether oxygens (including phenoxy) is 1. The zero-order valence-electron chi connectivity index (χ0n) is 18.4. The molecule has 2 fully saturated rings. The van der Waals surface area contributed by atoms with Crippen molar-refractivity contribution < 1.29 is 19.2 Å². The van der Waals surface area contributed by atoms with E-state index in [2.05, 4.69) is 31.2 Å². The Kier molecular flexibility index (Phi) is 5.12. The summed E-state index contributed by atoms with van der Waals surface area (Å²) in [4.78, 5) is 31.2. The molecule has 0 radical (unpaired) electrons. The first-order valence-electron chi connectivity index (χ1n) is 10.5. The normalized spacial score (nSPS) is 27.2. The van der Waals surface area contributed by atoms with Crippen LogP contribution >= 0.6 is 0 Å². The van der Waals surface area contributed by atoms with Crippen LogP contribution in [0, 0.1) is 16.2 Å². The van der Waals surface area contributed by atoms with Gasteiger partial charge in [0.15, 0.2) is 0 Å². The van der Waals surface area contributed by atoms with Gasteiger partial charge < -0.3 is 14.9 Å². The third-order valence-corrected chi connectivity index (χ3v) is 7.76. The van der Waals surface area contributed by atoms with Crippen molar-refractivity contribution in [2.75, 3.05) is 12.4 Å². The lowest BCUT2D eigenvalue weighted by atomic mass is 9.64. The average Bonchev–Trinajstić information content (AvgIpc) is 3.09. The fourth-order valence-corrected chi connectivity index (χ4v) is 5.17. The van der Waals surface area contributed by atoms with E-state index in [0.29, 0.717) is 12.0 Å². The monoisotopic (exact) mass is 420 g/mol. The molecule has 2 aromatic carbocycles. The highest BCUT2D eigenvalue weighted by Crippen LogP contribution is 2.71. The quantitative estimate of drug-likeness (QED) is 0.542. The Balaban J connectivity index is 1.57. The Bertz CT molecular complexity index is 1030. The molecule has 2 saturated carbocycles. The van der Waals surface area contributed by atoms with Crippen molar-refractivity contribution in [3.05, 3.63) is 60.2 Å². The minimum absolute atomic E-state index is 0.0222. The predicted molar refractivity (Wildman–Crippen MR) is 119 cm³/mol. The van der Waals surface area contributed by atoms with Gasteiger partial charge in [0.25, 0.3) is 0 Å². The number of benzene rings is 2. The van der Waals surface area contributed by atoms with Crippen molar-refractivity contribution in [3.63, 3.8) is 0 Å². The summed E-state index contributed by atoms with van der Waals surface area (Å²) in [6.45, 7) is 6.36. The van der Waals surface area contributed by atoms with E-state index in [1.54, 1.807) is 31.4 Å². The zero-order chi connectivity index (χ0) is 22.3. The van der Waals surface area contributed by atoms with E-state index in [1.807, 2.05) is 30.3 Å². The van der Waals surface area contributed by atoms with E-state index in [0.717, 1.165) is 30.0 Å². The summed E-state index contributed by atoms with van der Waals surface area (Å²) in [5, 5.41) is 7.36. The first kappa shape index (κ1) is 21.1. The summed E-state index contributed by atoms with van der Waals surface area (Å²) in [6.07, 6.45) is 2.06. The topological polar surface area (TPSA) is 77.0 Å². The van der Waals surface area contributed by atoms with Crippen molar-refractivity contribution in [2.24, 2.45) is 21.4 Å². The van der Waals surface area contributed by atoms with Crippen LogP contribution < -0.4 is 10.1 Å². The van der Waals surface area contributed by atoms with Crippen LogP contribution in [0.1, 0.15) is 50.4 Å². The Labute approximate surface area is 182 Å². The smallest absolute Gasteiger partial charge is 0.365 e. The molecule has 6 heteroatoms. The maximum absolute atomic E-state index is 13.5. The molecule has 4 rings (SSSR count). The van der Waals surface area contributed by atoms with Gasteiger partial charge >= 0.3 is 5.97 Å². The molecule has 0 aromatic heterocycles. The molecule has 0 spiro atoms. The fourth-order valence-electron chi connectivity index (χ4n) is 5.17. The molecule has 162 valence electrons. The first-order chi connectivity index (χ1) is 14.7. The minimum atomic E-state index is -0.611. The van der Waals surface area contributed by atoms with E-state index < -0.39 is 11.4 Å². The summed E-state index contributed by atoms with van der Waals surface area (Å²) >= 11 is 0. The van der Waals surface area contributed by atoms with E-state index in [9.17, 15) is 9.59 Å². The summed E-state index contributed by atoms with van der Waals surface area (Å²) < 4.78 is 5.19. The Morgan fingerprint density at radius 2 is 1.65 bits per heavy atom. The SMILES string of the molecule is COc1ccc(NC(=O)C23CCC(C)(C(=NOC(=O)c4ccccc4)C2)C3(C)C)cc1. The highest BCUT2D eigenvalue weighted by atomic mass is 16.7. The molecule has 2 aliphatic carbocycles. The number of hydrogen-bond acceptors (Lipinski definition) is 5. The lowest BCUT2D eigenvalue weighted by Crippen LogP contribution is -2.43. The van der Waals surface area contributed by atoms with Gasteiger partial charge in [-0.3, -0.25) is 4.79 Å². The number of nitrogens with one attached hydrogen (secondary N) is 1. The van der Waals surface area contributed by atoms with Crippen LogP contribution in [0.15, 0.2) is 59.8 Å². The predicted octanol–water partition coefficient (Wildman–Crippen LogP) is 5.06. The Morgan fingerprint density at radius 3 is 2.29 bits per heavy atom. The third-order valence-electron chi connectivity index (χ3n) is 7.76. The Morgan fingerprint density at radius 1 is 0.968 bits per heavy atom. The molecule has 1 amide bonds. The standard InChI is InChI=1S/C25H28N2O4/c1-23(2)24(3)14-15-25(23,22(29)26-18-10-12-19(30-4)13-11-18)16-20(24)27-31-21(28)17-8-6-5-7-9-17/h5-13H,14-16H2,1-4H3,(H,26,29). The van der Waals surface area contributed by atoms with Crippen molar-refractivity contribution in [1.82, 2.24) is 0 Å². The largest absolute Gasteiger partial charge is 0.497 e. The van der Waals surface area contributed by atoms with Gasteiger partial charge in [-0.05, 0) is 54.7 Å². The average molecular weight is 421 g/mol. The van der Waals surface area contributed by atoms with Crippen LogP contribution in [-0.2, 0) is 9.63 Å². The van der Waals surface area contributed by atoms with Gasteiger partial charge in [0.2, 0.25) is 5.91 Å². The first-order valence-corrected chi connectivity index (χ1v) is 10.5. The molecule has 0 heterocycles. The van der Waals surface area contributed by atoms with Gasteiger partial charge in [-0.25, -0.2) is 4.79 Å². The minimum Gasteiger partial charge on any atom is -0.497 e. The Hall–Kier alpha value is -3.15. The summed E-state index contributed by atoms with van der Waals surface area (Å²) in [5.74, 6) is 0.223. The fraction of sp³-hybridized carbons (Fsp3) is 0.400. The second-order valence-corrected chi connectivity index (χ2v) is 9.18. The molecule has 2 bridgehead atoms. The van der Waals surface area contributed by atoms with Crippen LogP contribution in [0.4, 0.5) is 5.69 Å².